The normalized spacial score (nSPS) is 12.8. The van der Waals surface area contributed by atoms with Gasteiger partial charge in [-0.3, -0.25) is 10.1 Å². The smallest absolute Gasteiger partial charge is 0.329 e. The first-order valence-corrected chi connectivity index (χ1v) is 6.89. The zero-order chi connectivity index (χ0) is 14.5. The lowest BCUT2D eigenvalue weighted by Crippen LogP contribution is -2.45. The molecule has 0 fully saturated rings. The van der Waals surface area contributed by atoms with Crippen LogP contribution in [0.5, 0.6) is 0 Å². The number of halogens is 3. The van der Waals surface area contributed by atoms with Crippen molar-refractivity contribution in [2.45, 2.75) is 22.6 Å². The molecule has 1 heterocycles. The van der Waals surface area contributed by atoms with Crippen LogP contribution >= 0.6 is 23.1 Å². The zero-order valence-electron chi connectivity index (χ0n) is 9.78. The van der Waals surface area contributed by atoms with Crippen molar-refractivity contribution in [3.8, 4) is 0 Å². The molecule has 2 N–H and O–H groups in total. The molecule has 0 bridgehead atoms. The summed E-state index contributed by atoms with van der Waals surface area (Å²) in [6, 6.07) is 2.47. The van der Waals surface area contributed by atoms with Gasteiger partial charge in [0.2, 0.25) is 5.91 Å². The Kier molecular flexibility index (Phi) is 5.67. The summed E-state index contributed by atoms with van der Waals surface area (Å²) in [5, 5.41) is 4.69. The second kappa shape index (κ2) is 6.80. The molecule has 106 valence electrons. The first kappa shape index (κ1) is 15.8. The van der Waals surface area contributed by atoms with Gasteiger partial charge in [-0.25, -0.2) is 4.79 Å². The Labute approximate surface area is 115 Å². The lowest BCUT2D eigenvalue weighted by Gasteiger charge is -2.12. The number of amides is 3. The van der Waals surface area contributed by atoms with Gasteiger partial charge in [-0.2, -0.15) is 13.2 Å². The predicted octanol–water partition coefficient (Wildman–Crippen LogP) is 2.62. The van der Waals surface area contributed by atoms with E-state index in [1.165, 1.54) is 23.1 Å². The van der Waals surface area contributed by atoms with E-state index in [4.69, 9.17) is 0 Å². The van der Waals surface area contributed by atoms with Crippen LogP contribution in [0.1, 0.15) is 6.92 Å². The maximum absolute atomic E-state index is 11.8. The van der Waals surface area contributed by atoms with Gasteiger partial charge in [0.1, 0.15) is 6.54 Å². The van der Waals surface area contributed by atoms with Gasteiger partial charge in [0.15, 0.2) is 0 Å². The number of hydrogen-bond acceptors (Lipinski definition) is 4. The Morgan fingerprint density at radius 1 is 1.47 bits per heavy atom. The topological polar surface area (TPSA) is 58.2 Å². The highest BCUT2D eigenvalue weighted by molar-refractivity contribution is 8.02. The SMILES string of the molecule is C[C@@H](Sc1cccs1)C(=O)NC(=O)NCC(F)(F)F. The standard InChI is InChI=1S/C10H11F3N2O2S2/c1-6(19-7-3-2-4-18-7)8(16)15-9(17)14-5-10(11,12)13/h2-4,6H,5H2,1H3,(H2,14,15,16,17)/t6-/m1/s1. The molecule has 9 heteroatoms. The van der Waals surface area contributed by atoms with Crippen molar-refractivity contribution < 1.29 is 22.8 Å². The fourth-order valence-corrected chi connectivity index (χ4v) is 2.94. The van der Waals surface area contributed by atoms with Gasteiger partial charge in [0.05, 0.1) is 9.46 Å². The fraction of sp³-hybridized carbons (Fsp3) is 0.400. The molecule has 4 nitrogen and oxygen atoms in total. The molecule has 0 spiro atoms. The molecule has 0 aromatic carbocycles. The summed E-state index contributed by atoms with van der Waals surface area (Å²) in [7, 11) is 0. The van der Waals surface area contributed by atoms with Crippen LogP contribution in [0, 0.1) is 0 Å². The lowest BCUT2D eigenvalue weighted by molar-refractivity contribution is -0.124. The minimum atomic E-state index is -4.50. The first-order valence-electron chi connectivity index (χ1n) is 5.13. The van der Waals surface area contributed by atoms with E-state index in [0.717, 1.165) is 4.21 Å². The van der Waals surface area contributed by atoms with Crippen molar-refractivity contribution in [3.63, 3.8) is 0 Å². The molecule has 1 rings (SSSR count). The van der Waals surface area contributed by atoms with Crippen LogP contribution < -0.4 is 10.6 Å². The van der Waals surface area contributed by atoms with Gasteiger partial charge in [-0.1, -0.05) is 6.07 Å². The van der Waals surface area contributed by atoms with Crippen LogP contribution in [-0.4, -0.2) is 29.9 Å². The molecule has 0 unspecified atom stereocenters. The number of alkyl halides is 3. The second-order valence-electron chi connectivity index (χ2n) is 3.48. The van der Waals surface area contributed by atoms with E-state index >= 15 is 0 Å². The molecule has 0 saturated carbocycles. The largest absolute Gasteiger partial charge is 0.405 e. The maximum Gasteiger partial charge on any atom is 0.405 e. The minimum absolute atomic E-state index is 0.574. The summed E-state index contributed by atoms with van der Waals surface area (Å²) < 4.78 is 36.4. The molecule has 0 saturated heterocycles. The highest BCUT2D eigenvalue weighted by atomic mass is 32.2. The Hall–Kier alpha value is -1.22. The van der Waals surface area contributed by atoms with Gasteiger partial charge < -0.3 is 5.32 Å². The molecule has 0 aliphatic rings. The summed E-state index contributed by atoms with van der Waals surface area (Å²) in [5.41, 5.74) is 0. The van der Waals surface area contributed by atoms with Crippen LogP contribution in [-0.2, 0) is 4.79 Å². The van der Waals surface area contributed by atoms with Gasteiger partial charge in [-0.05, 0) is 18.4 Å². The molecule has 3 amide bonds. The number of nitrogens with one attached hydrogen (secondary N) is 2. The molecule has 0 aliphatic heterocycles. The number of hydrogen-bond donors (Lipinski definition) is 2. The lowest BCUT2D eigenvalue weighted by atomic mass is 10.4. The number of carbonyl (C=O) groups is 2. The van der Waals surface area contributed by atoms with E-state index in [9.17, 15) is 22.8 Å². The summed E-state index contributed by atoms with van der Waals surface area (Å²) >= 11 is 2.66. The summed E-state index contributed by atoms with van der Waals surface area (Å²) in [6.07, 6.45) is -4.50. The van der Waals surface area contributed by atoms with E-state index < -0.39 is 29.9 Å². The third kappa shape index (κ3) is 6.48. The summed E-state index contributed by atoms with van der Waals surface area (Å²) in [5.74, 6) is -0.641. The van der Waals surface area contributed by atoms with E-state index in [1.54, 1.807) is 12.2 Å². The third-order valence-electron chi connectivity index (χ3n) is 1.84. The summed E-state index contributed by atoms with van der Waals surface area (Å²) in [4.78, 5) is 22.6. The molecule has 19 heavy (non-hydrogen) atoms. The van der Waals surface area contributed by atoms with Gasteiger partial charge in [-0.15, -0.1) is 23.1 Å². The Balaban J connectivity index is 2.35. The number of rotatable bonds is 4. The van der Waals surface area contributed by atoms with E-state index in [2.05, 4.69) is 0 Å². The van der Waals surface area contributed by atoms with Crippen molar-refractivity contribution >= 4 is 35.0 Å². The Morgan fingerprint density at radius 3 is 2.68 bits per heavy atom. The van der Waals surface area contributed by atoms with Crippen LogP contribution in [0.25, 0.3) is 0 Å². The Bertz CT molecular complexity index is 434. The van der Waals surface area contributed by atoms with Gasteiger partial charge in [0, 0.05) is 0 Å². The van der Waals surface area contributed by atoms with Crippen LogP contribution in [0.3, 0.4) is 0 Å². The van der Waals surface area contributed by atoms with Crippen LogP contribution in [0.4, 0.5) is 18.0 Å². The number of thiophene rings is 1. The molecule has 0 aliphatic carbocycles. The van der Waals surface area contributed by atoms with Crippen molar-refractivity contribution in [2.24, 2.45) is 0 Å². The highest BCUT2D eigenvalue weighted by Gasteiger charge is 2.28. The van der Waals surface area contributed by atoms with Crippen molar-refractivity contribution in [3.05, 3.63) is 17.5 Å². The second-order valence-corrected chi connectivity index (χ2v) is 6.07. The average Bonchev–Trinajstić information content (AvgIpc) is 2.78. The molecule has 1 atom stereocenters. The first-order chi connectivity index (χ1) is 8.78. The number of thioether (sulfide) groups is 1. The number of urea groups is 1. The predicted molar refractivity (Wildman–Crippen MR) is 67.2 cm³/mol. The quantitative estimate of drug-likeness (QED) is 0.840. The highest BCUT2D eigenvalue weighted by Crippen LogP contribution is 2.27. The summed E-state index contributed by atoms with van der Waals surface area (Å²) in [6.45, 7) is 0.0926. The number of carbonyl (C=O) groups excluding carboxylic acids is 2. The van der Waals surface area contributed by atoms with Crippen molar-refractivity contribution in [1.29, 1.82) is 0 Å². The van der Waals surface area contributed by atoms with E-state index in [0.29, 0.717) is 0 Å². The molecular formula is C10H11F3N2O2S2. The average molecular weight is 312 g/mol. The molecule has 1 aromatic rings. The monoisotopic (exact) mass is 312 g/mol. The minimum Gasteiger partial charge on any atom is -0.329 e. The van der Waals surface area contributed by atoms with Crippen molar-refractivity contribution in [2.75, 3.05) is 6.54 Å². The fourth-order valence-electron chi connectivity index (χ4n) is 0.997. The molecule has 0 radical (unpaired) electrons. The third-order valence-corrected chi connectivity index (χ3v) is 4.02. The Morgan fingerprint density at radius 2 is 2.16 bits per heavy atom. The van der Waals surface area contributed by atoms with Crippen LogP contribution in [0.15, 0.2) is 21.7 Å². The van der Waals surface area contributed by atoms with E-state index in [-0.39, 0.29) is 0 Å². The van der Waals surface area contributed by atoms with Crippen molar-refractivity contribution in [1.82, 2.24) is 10.6 Å². The van der Waals surface area contributed by atoms with E-state index in [1.807, 2.05) is 22.8 Å². The van der Waals surface area contributed by atoms with Gasteiger partial charge in [0.25, 0.3) is 0 Å². The number of imide groups is 1. The molecular weight excluding hydrogens is 301 g/mol. The maximum atomic E-state index is 11.8. The van der Waals surface area contributed by atoms with Crippen LogP contribution in [0.2, 0.25) is 0 Å². The molecule has 1 aromatic heterocycles. The van der Waals surface area contributed by atoms with Gasteiger partial charge >= 0.3 is 12.2 Å². The zero-order valence-corrected chi connectivity index (χ0v) is 11.4.